The SMILES string of the molecule is O=C(Nc1cccc(F)c1)c1ccc(Oc2nccs2)cc1. The molecule has 0 aliphatic carbocycles. The molecule has 0 bridgehead atoms. The average molecular weight is 314 g/mol. The van der Waals surface area contributed by atoms with E-state index < -0.39 is 5.82 Å². The van der Waals surface area contributed by atoms with Gasteiger partial charge in [0.05, 0.1) is 0 Å². The highest BCUT2D eigenvalue weighted by molar-refractivity contribution is 7.11. The summed E-state index contributed by atoms with van der Waals surface area (Å²) in [5.74, 6) is -0.117. The van der Waals surface area contributed by atoms with Gasteiger partial charge in [-0.15, -0.1) is 0 Å². The number of carbonyl (C=O) groups is 1. The Morgan fingerprint density at radius 2 is 2.00 bits per heavy atom. The third-order valence-corrected chi connectivity index (χ3v) is 3.46. The van der Waals surface area contributed by atoms with Crippen molar-refractivity contribution in [2.24, 2.45) is 0 Å². The van der Waals surface area contributed by atoms with E-state index in [-0.39, 0.29) is 5.91 Å². The van der Waals surface area contributed by atoms with Crippen LogP contribution in [0.3, 0.4) is 0 Å². The highest BCUT2D eigenvalue weighted by Gasteiger charge is 2.07. The fourth-order valence-electron chi connectivity index (χ4n) is 1.81. The molecule has 0 fully saturated rings. The van der Waals surface area contributed by atoms with Crippen LogP contribution in [0.2, 0.25) is 0 Å². The normalized spacial score (nSPS) is 10.2. The lowest BCUT2D eigenvalue weighted by Crippen LogP contribution is -2.11. The van der Waals surface area contributed by atoms with Gasteiger partial charge in [0, 0.05) is 22.8 Å². The first kappa shape index (κ1) is 14.2. The largest absolute Gasteiger partial charge is 0.431 e. The van der Waals surface area contributed by atoms with E-state index in [2.05, 4.69) is 10.3 Å². The molecular formula is C16H11FN2O2S. The quantitative estimate of drug-likeness (QED) is 0.780. The predicted octanol–water partition coefficient (Wildman–Crippen LogP) is 4.33. The molecule has 110 valence electrons. The van der Waals surface area contributed by atoms with Crippen molar-refractivity contribution in [3.63, 3.8) is 0 Å². The van der Waals surface area contributed by atoms with Gasteiger partial charge in [-0.1, -0.05) is 17.4 Å². The Labute approximate surface area is 130 Å². The molecule has 2 aromatic carbocycles. The number of nitrogens with zero attached hydrogens (tertiary/aromatic N) is 1. The van der Waals surface area contributed by atoms with Crippen molar-refractivity contribution < 1.29 is 13.9 Å². The molecule has 0 spiro atoms. The summed E-state index contributed by atoms with van der Waals surface area (Å²) in [4.78, 5) is 16.1. The molecule has 22 heavy (non-hydrogen) atoms. The van der Waals surface area contributed by atoms with Crippen molar-refractivity contribution in [3.05, 3.63) is 71.5 Å². The first-order chi connectivity index (χ1) is 10.7. The van der Waals surface area contributed by atoms with E-state index in [1.54, 1.807) is 36.5 Å². The summed E-state index contributed by atoms with van der Waals surface area (Å²) in [5.41, 5.74) is 0.865. The smallest absolute Gasteiger partial charge is 0.278 e. The zero-order chi connectivity index (χ0) is 15.4. The molecule has 0 atom stereocenters. The van der Waals surface area contributed by atoms with Gasteiger partial charge in [0.15, 0.2) is 0 Å². The Hall–Kier alpha value is -2.73. The predicted molar refractivity (Wildman–Crippen MR) is 83.0 cm³/mol. The van der Waals surface area contributed by atoms with Crippen molar-refractivity contribution >= 4 is 22.9 Å². The molecule has 3 rings (SSSR count). The lowest BCUT2D eigenvalue weighted by atomic mass is 10.2. The molecule has 0 radical (unpaired) electrons. The Balaban J connectivity index is 1.68. The van der Waals surface area contributed by atoms with Crippen LogP contribution in [0.5, 0.6) is 10.9 Å². The average Bonchev–Trinajstić information content (AvgIpc) is 3.01. The lowest BCUT2D eigenvalue weighted by Gasteiger charge is -2.06. The van der Waals surface area contributed by atoms with Gasteiger partial charge in [-0.25, -0.2) is 9.37 Å². The standard InChI is InChI=1S/C16H11FN2O2S/c17-12-2-1-3-13(10-12)19-15(20)11-4-6-14(7-5-11)21-16-18-8-9-22-16/h1-10H,(H,19,20). The summed E-state index contributed by atoms with van der Waals surface area (Å²) in [6.45, 7) is 0. The second-order valence-electron chi connectivity index (χ2n) is 4.39. The van der Waals surface area contributed by atoms with Crippen molar-refractivity contribution in [1.82, 2.24) is 4.98 Å². The fourth-order valence-corrected chi connectivity index (χ4v) is 2.31. The molecule has 0 aliphatic heterocycles. The minimum Gasteiger partial charge on any atom is -0.431 e. The van der Waals surface area contributed by atoms with Gasteiger partial charge in [0.1, 0.15) is 11.6 Å². The van der Waals surface area contributed by atoms with Crippen LogP contribution in [-0.4, -0.2) is 10.9 Å². The van der Waals surface area contributed by atoms with Crippen molar-refractivity contribution in [2.75, 3.05) is 5.32 Å². The second-order valence-corrected chi connectivity index (χ2v) is 5.25. The summed E-state index contributed by atoms with van der Waals surface area (Å²) in [5, 5.41) is 4.99. The van der Waals surface area contributed by atoms with Gasteiger partial charge < -0.3 is 10.1 Å². The van der Waals surface area contributed by atoms with Crippen LogP contribution < -0.4 is 10.1 Å². The lowest BCUT2D eigenvalue weighted by molar-refractivity contribution is 0.102. The molecule has 4 nitrogen and oxygen atoms in total. The molecule has 0 saturated carbocycles. The van der Waals surface area contributed by atoms with E-state index in [9.17, 15) is 9.18 Å². The Bertz CT molecular complexity index is 773. The number of carbonyl (C=O) groups excluding carboxylic acids is 1. The first-order valence-electron chi connectivity index (χ1n) is 6.45. The number of ether oxygens (including phenoxy) is 1. The first-order valence-corrected chi connectivity index (χ1v) is 7.33. The minimum absolute atomic E-state index is 0.314. The van der Waals surface area contributed by atoms with E-state index in [0.717, 1.165) is 0 Å². The van der Waals surface area contributed by atoms with Gasteiger partial charge in [0.2, 0.25) is 0 Å². The third kappa shape index (κ3) is 3.48. The summed E-state index contributed by atoms with van der Waals surface area (Å²) < 4.78 is 18.6. The molecule has 6 heteroatoms. The Morgan fingerprint density at radius 1 is 1.18 bits per heavy atom. The summed E-state index contributed by atoms with van der Waals surface area (Å²) >= 11 is 1.38. The summed E-state index contributed by atoms with van der Waals surface area (Å²) in [7, 11) is 0. The van der Waals surface area contributed by atoms with E-state index in [1.807, 2.05) is 5.38 Å². The van der Waals surface area contributed by atoms with Crippen LogP contribution in [0.1, 0.15) is 10.4 Å². The zero-order valence-corrected chi connectivity index (χ0v) is 12.1. The maximum Gasteiger partial charge on any atom is 0.278 e. The van der Waals surface area contributed by atoms with E-state index >= 15 is 0 Å². The van der Waals surface area contributed by atoms with Gasteiger partial charge in [0.25, 0.3) is 11.1 Å². The van der Waals surface area contributed by atoms with Gasteiger partial charge >= 0.3 is 0 Å². The van der Waals surface area contributed by atoms with Gasteiger partial charge in [-0.2, -0.15) is 0 Å². The summed E-state index contributed by atoms with van der Waals surface area (Å²) in [6, 6.07) is 12.4. The maximum absolute atomic E-state index is 13.1. The molecule has 1 N–H and O–H groups in total. The monoisotopic (exact) mass is 314 g/mol. The number of anilines is 1. The van der Waals surface area contributed by atoms with Crippen LogP contribution in [-0.2, 0) is 0 Å². The van der Waals surface area contributed by atoms with Crippen molar-refractivity contribution in [3.8, 4) is 10.9 Å². The Kier molecular flexibility index (Phi) is 4.11. The second kappa shape index (κ2) is 6.36. The van der Waals surface area contributed by atoms with E-state index in [1.165, 1.54) is 29.5 Å². The molecule has 0 aliphatic rings. The topological polar surface area (TPSA) is 51.2 Å². The molecule has 3 aromatic rings. The van der Waals surface area contributed by atoms with Crippen LogP contribution in [0.4, 0.5) is 10.1 Å². The molecule has 1 amide bonds. The fraction of sp³-hybridized carbons (Fsp3) is 0. The molecule has 1 aromatic heterocycles. The van der Waals surface area contributed by atoms with E-state index in [0.29, 0.717) is 22.2 Å². The number of thiazole rings is 1. The minimum atomic E-state index is -0.398. The zero-order valence-electron chi connectivity index (χ0n) is 11.3. The molecular weight excluding hydrogens is 303 g/mol. The number of aromatic nitrogens is 1. The van der Waals surface area contributed by atoms with Crippen molar-refractivity contribution in [1.29, 1.82) is 0 Å². The number of nitrogens with one attached hydrogen (secondary N) is 1. The number of hydrogen-bond acceptors (Lipinski definition) is 4. The molecule has 1 heterocycles. The summed E-state index contributed by atoms with van der Waals surface area (Å²) in [6.07, 6.45) is 1.65. The highest BCUT2D eigenvalue weighted by Crippen LogP contribution is 2.23. The van der Waals surface area contributed by atoms with Gasteiger partial charge in [-0.3, -0.25) is 4.79 Å². The van der Waals surface area contributed by atoms with Crippen LogP contribution in [0, 0.1) is 5.82 Å². The van der Waals surface area contributed by atoms with Gasteiger partial charge in [-0.05, 0) is 42.5 Å². The van der Waals surface area contributed by atoms with Crippen LogP contribution in [0.15, 0.2) is 60.1 Å². The third-order valence-electron chi connectivity index (χ3n) is 2.81. The molecule has 0 unspecified atom stereocenters. The van der Waals surface area contributed by atoms with Crippen LogP contribution in [0.25, 0.3) is 0 Å². The number of hydrogen-bond donors (Lipinski definition) is 1. The van der Waals surface area contributed by atoms with E-state index in [4.69, 9.17) is 4.74 Å². The number of benzene rings is 2. The highest BCUT2D eigenvalue weighted by atomic mass is 32.1. The number of rotatable bonds is 4. The molecule has 0 saturated heterocycles. The van der Waals surface area contributed by atoms with Crippen molar-refractivity contribution in [2.45, 2.75) is 0 Å². The number of halogens is 1. The van der Waals surface area contributed by atoms with Crippen LogP contribution >= 0.6 is 11.3 Å². The number of amides is 1. The Morgan fingerprint density at radius 3 is 2.68 bits per heavy atom. The maximum atomic E-state index is 13.1.